The molecule has 0 saturated heterocycles. The van der Waals surface area contributed by atoms with Crippen molar-refractivity contribution in [2.75, 3.05) is 13.7 Å². The summed E-state index contributed by atoms with van der Waals surface area (Å²) in [6, 6.07) is 8.66. The maximum Gasteiger partial charge on any atom is 0.273 e. The molecule has 2 heterocycles. The number of ether oxygens (including phenoxy) is 2. The van der Waals surface area contributed by atoms with E-state index in [4.69, 9.17) is 25.6 Å². The van der Waals surface area contributed by atoms with Crippen LogP contribution in [0.3, 0.4) is 0 Å². The maximum absolute atomic E-state index is 12.3. The number of hydrogen-bond donors (Lipinski definition) is 1. The van der Waals surface area contributed by atoms with Gasteiger partial charge in [0.15, 0.2) is 23.0 Å². The zero-order valence-electron chi connectivity index (χ0n) is 14.9. The lowest BCUT2D eigenvalue weighted by Crippen LogP contribution is -2.23. The average Bonchev–Trinajstić information content (AvgIpc) is 3.19. The van der Waals surface area contributed by atoms with E-state index in [9.17, 15) is 4.79 Å². The van der Waals surface area contributed by atoms with Gasteiger partial charge in [-0.05, 0) is 36.8 Å². The van der Waals surface area contributed by atoms with Gasteiger partial charge in [-0.3, -0.25) is 9.78 Å². The van der Waals surface area contributed by atoms with E-state index in [2.05, 4.69) is 15.5 Å². The van der Waals surface area contributed by atoms with Gasteiger partial charge < -0.3 is 19.3 Å². The predicted octanol–water partition coefficient (Wildman–Crippen LogP) is 3.73. The normalized spacial score (nSPS) is 10.5. The molecule has 3 aromatic rings. The third-order valence-electron chi connectivity index (χ3n) is 3.72. The van der Waals surface area contributed by atoms with Gasteiger partial charge in [-0.25, -0.2) is 0 Å². The van der Waals surface area contributed by atoms with E-state index in [0.717, 1.165) is 11.1 Å². The van der Waals surface area contributed by atoms with E-state index >= 15 is 0 Å². The molecule has 27 heavy (non-hydrogen) atoms. The molecule has 0 bridgehead atoms. The summed E-state index contributed by atoms with van der Waals surface area (Å²) in [7, 11) is 1.53. The third-order valence-corrected chi connectivity index (χ3v) is 4.00. The van der Waals surface area contributed by atoms with Crippen LogP contribution in [0.15, 0.2) is 47.2 Å². The smallest absolute Gasteiger partial charge is 0.273 e. The lowest BCUT2D eigenvalue weighted by molar-refractivity contribution is 0.0942. The zero-order chi connectivity index (χ0) is 19.2. The van der Waals surface area contributed by atoms with Gasteiger partial charge in [-0.1, -0.05) is 16.8 Å². The minimum absolute atomic E-state index is 0.179. The molecular weight excluding hydrogens is 370 g/mol. The third kappa shape index (κ3) is 4.38. The molecule has 7 nitrogen and oxygen atoms in total. The molecular formula is C19H18ClN3O4. The molecule has 0 aliphatic rings. The molecule has 0 aliphatic heterocycles. The Bertz CT molecular complexity index is 928. The second-order valence-electron chi connectivity index (χ2n) is 5.54. The molecule has 0 aliphatic carbocycles. The molecule has 1 aromatic carbocycles. The Morgan fingerprint density at radius 1 is 1.33 bits per heavy atom. The van der Waals surface area contributed by atoms with Crippen LogP contribution in [-0.2, 0) is 6.54 Å². The number of nitrogens with one attached hydrogen (secondary N) is 1. The van der Waals surface area contributed by atoms with Gasteiger partial charge in [-0.15, -0.1) is 0 Å². The zero-order valence-corrected chi connectivity index (χ0v) is 15.6. The van der Waals surface area contributed by atoms with Gasteiger partial charge in [0.2, 0.25) is 0 Å². The van der Waals surface area contributed by atoms with Crippen molar-refractivity contribution in [1.82, 2.24) is 15.5 Å². The van der Waals surface area contributed by atoms with Crippen molar-refractivity contribution >= 4 is 17.5 Å². The summed E-state index contributed by atoms with van der Waals surface area (Å²) in [4.78, 5) is 16.3. The van der Waals surface area contributed by atoms with Crippen molar-refractivity contribution in [1.29, 1.82) is 0 Å². The summed E-state index contributed by atoms with van der Waals surface area (Å²) in [6.45, 7) is 2.58. The molecule has 1 N–H and O–H groups in total. The second kappa shape index (κ2) is 8.55. The molecule has 0 atom stereocenters. The average molecular weight is 388 g/mol. The number of halogens is 1. The van der Waals surface area contributed by atoms with Crippen molar-refractivity contribution in [3.8, 4) is 22.8 Å². The summed E-state index contributed by atoms with van der Waals surface area (Å²) >= 11 is 6.24. The van der Waals surface area contributed by atoms with Crippen LogP contribution in [0, 0.1) is 0 Å². The van der Waals surface area contributed by atoms with Gasteiger partial charge in [0, 0.05) is 30.6 Å². The van der Waals surface area contributed by atoms with E-state index in [1.54, 1.807) is 36.7 Å². The number of amides is 1. The molecule has 1 amide bonds. The topological polar surface area (TPSA) is 86.5 Å². The van der Waals surface area contributed by atoms with Gasteiger partial charge in [-0.2, -0.15) is 0 Å². The van der Waals surface area contributed by atoms with E-state index in [1.807, 2.05) is 13.0 Å². The van der Waals surface area contributed by atoms with Crippen LogP contribution in [0.25, 0.3) is 11.3 Å². The first-order chi connectivity index (χ1) is 13.1. The van der Waals surface area contributed by atoms with Crippen molar-refractivity contribution in [2.45, 2.75) is 13.5 Å². The van der Waals surface area contributed by atoms with Crippen molar-refractivity contribution in [3.63, 3.8) is 0 Å². The van der Waals surface area contributed by atoms with Crippen LogP contribution in [0.1, 0.15) is 23.0 Å². The molecule has 0 fully saturated rings. The highest BCUT2D eigenvalue weighted by Crippen LogP contribution is 2.36. The number of methoxy groups -OCH3 is 1. The standard InChI is InChI=1S/C19H18ClN3O4/c1-3-26-18-14(20)7-12(8-17(18)25-2)10-22-19(24)15-9-16(27-23-15)13-5-4-6-21-11-13/h4-9,11H,3,10H2,1-2H3,(H,22,24). The number of benzene rings is 1. The SMILES string of the molecule is CCOc1c(Cl)cc(CNC(=O)c2cc(-c3cccnc3)on2)cc1OC. The molecule has 3 rings (SSSR count). The Hall–Kier alpha value is -3.06. The monoisotopic (exact) mass is 387 g/mol. The van der Waals surface area contributed by atoms with Crippen LogP contribution in [0.2, 0.25) is 5.02 Å². The first kappa shape index (κ1) is 18.7. The van der Waals surface area contributed by atoms with E-state index in [1.165, 1.54) is 7.11 Å². The summed E-state index contributed by atoms with van der Waals surface area (Å²) in [5.41, 5.74) is 1.69. The lowest BCUT2D eigenvalue weighted by Gasteiger charge is -2.13. The number of nitrogens with zero attached hydrogens (tertiary/aromatic N) is 2. The largest absolute Gasteiger partial charge is 0.493 e. The number of pyridine rings is 1. The van der Waals surface area contributed by atoms with E-state index in [-0.39, 0.29) is 18.1 Å². The van der Waals surface area contributed by atoms with Crippen LogP contribution < -0.4 is 14.8 Å². The molecule has 8 heteroatoms. The maximum atomic E-state index is 12.3. The van der Waals surface area contributed by atoms with Crippen LogP contribution in [0.4, 0.5) is 0 Å². The molecule has 0 radical (unpaired) electrons. The Kier molecular flexibility index (Phi) is 5.93. The molecule has 140 valence electrons. The highest BCUT2D eigenvalue weighted by Gasteiger charge is 2.15. The van der Waals surface area contributed by atoms with Crippen LogP contribution in [0.5, 0.6) is 11.5 Å². The highest BCUT2D eigenvalue weighted by molar-refractivity contribution is 6.32. The minimum Gasteiger partial charge on any atom is -0.493 e. The molecule has 0 spiro atoms. The fourth-order valence-corrected chi connectivity index (χ4v) is 2.75. The van der Waals surface area contributed by atoms with E-state index < -0.39 is 0 Å². The van der Waals surface area contributed by atoms with Crippen LogP contribution >= 0.6 is 11.6 Å². The Labute approximate surface area is 161 Å². The number of aromatic nitrogens is 2. The Balaban J connectivity index is 1.69. The van der Waals surface area contributed by atoms with Crippen molar-refractivity contribution in [3.05, 3.63) is 59.0 Å². The fourth-order valence-electron chi connectivity index (χ4n) is 2.46. The lowest BCUT2D eigenvalue weighted by atomic mass is 10.2. The summed E-state index contributed by atoms with van der Waals surface area (Å²) < 4.78 is 16.0. The van der Waals surface area contributed by atoms with E-state index in [0.29, 0.717) is 28.9 Å². The molecule has 2 aromatic heterocycles. The number of hydrogen-bond acceptors (Lipinski definition) is 6. The summed E-state index contributed by atoms with van der Waals surface area (Å²) in [5, 5.41) is 7.00. The van der Waals surface area contributed by atoms with Gasteiger partial charge >= 0.3 is 0 Å². The fraction of sp³-hybridized carbons (Fsp3) is 0.211. The Morgan fingerprint density at radius 3 is 2.89 bits per heavy atom. The van der Waals surface area contributed by atoms with Gasteiger partial charge in [0.25, 0.3) is 5.91 Å². The molecule has 0 unspecified atom stereocenters. The van der Waals surface area contributed by atoms with Crippen LogP contribution in [-0.4, -0.2) is 29.8 Å². The molecule has 0 saturated carbocycles. The minimum atomic E-state index is -0.363. The predicted molar refractivity (Wildman–Crippen MR) is 100 cm³/mol. The number of carbonyl (C=O) groups is 1. The van der Waals surface area contributed by atoms with Gasteiger partial charge in [0.05, 0.1) is 18.7 Å². The Morgan fingerprint density at radius 2 is 2.19 bits per heavy atom. The first-order valence-electron chi connectivity index (χ1n) is 8.27. The summed E-state index contributed by atoms with van der Waals surface area (Å²) in [5.74, 6) is 1.10. The van der Waals surface area contributed by atoms with Crippen molar-refractivity contribution < 1.29 is 18.8 Å². The quantitative estimate of drug-likeness (QED) is 0.664. The number of rotatable bonds is 7. The second-order valence-corrected chi connectivity index (χ2v) is 5.95. The highest BCUT2D eigenvalue weighted by atomic mass is 35.5. The number of carbonyl (C=O) groups excluding carboxylic acids is 1. The first-order valence-corrected chi connectivity index (χ1v) is 8.64. The van der Waals surface area contributed by atoms with Crippen molar-refractivity contribution in [2.24, 2.45) is 0 Å². The van der Waals surface area contributed by atoms with Gasteiger partial charge in [0.1, 0.15) is 0 Å². The summed E-state index contributed by atoms with van der Waals surface area (Å²) in [6.07, 6.45) is 3.29.